The van der Waals surface area contributed by atoms with Crippen molar-refractivity contribution in [2.24, 2.45) is 0 Å². The summed E-state index contributed by atoms with van der Waals surface area (Å²) in [5.74, 6) is 0. The first kappa shape index (κ1) is 14.0. The Morgan fingerprint density at radius 1 is 1.09 bits per heavy atom. The normalized spacial score (nSPS) is 11.4. The molecule has 23 heavy (non-hydrogen) atoms. The van der Waals surface area contributed by atoms with Gasteiger partial charge in [0.15, 0.2) is 5.65 Å². The smallest absolute Gasteiger partial charge is 0.306 e. The van der Waals surface area contributed by atoms with Crippen LogP contribution in [0.2, 0.25) is 0 Å². The van der Waals surface area contributed by atoms with Gasteiger partial charge in [-0.1, -0.05) is 33.6 Å². The number of H-pyrrole nitrogens is 1. The number of aromatic nitrogens is 4. The quantitative estimate of drug-likeness (QED) is 0.559. The van der Waals surface area contributed by atoms with E-state index in [-0.39, 0.29) is 0 Å². The monoisotopic (exact) mass is 370 g/mol. The zero-order chi connectivity index (χ0) is 16.1. The minimum absolute atomic E-state index is 0.329. The van der Waals surface area contributed by atoms with E-state index in [1.54, 1.807) is 18.2 Å². The van der Waals surface area contributed by atoms with Gasteiger partial charge in [0, 0.05) is 9.86 Å². The van der Waals surface area contributed by atoms with Crippen LogP contribution in [0.25, 0.3) is 22.2 Å². The molecule has 0 radical (unpaired) electrons. The maximum absolute atomic E-state index is 12.6. The number of fused-ring (bicyclic) bond motifs is 3. The van der Waals surface area contributed by atoms with Gasteiger partial charge in [-0.05, 0) is 37.3 Å². The second-order valence-electron chi connectivity index (χ2n) is 5.31. The molecule has 0 aliphatic carbocycles. The van der Waals surface area contributed by atoms with Crippen LogP contribution in [0.5, 0.6) is 0 Å². The van der Waals surface area contributed by atoms with Gasteiger partial charge in [-0.2, -0.15) is 9.08 Å². The van der Waals surface area contributed by atoms with Crippen LogP contribution < -0.4 is 11.4 Å². The molecule has 0 unspecified atom stereocenters. The van der Waals surface area contributed by atoms with E-state index in [1.165, 1.54) is 4.68 Å². The number of halogens is 1. The molecule has 0 spiro atoms. The first-order valence-electron chi connectivity index (χ1n) is 6.95. The fourth-order valence-corrected chi connectivity index (χ4v) is 2.92. The van der Waals surface area contributed by atoms with Gasteiger partial charge in [0.1, 0.15) is 0 Å². The fourth-order valence-electron chi connectivity index (χ4n) is 2.56. The van der Waals surface area contributed by atoms with E-state index < -0.39 is 11.4 Å². The predicted molar refractivity (Wildman–Crippen MR) is 91.4 cm³/mol. The molecule has 0 bridgehead atoms. The molecule has 114 valence electrons. The third-order valence-electron chi connectivity index (χ3n) is 3.72. The van der Waals surface area contributed by atoms with Crippen LogP contribution in [0.4, 0.5) is 0 Å². The number of aromatic amines is 1. The molecule has 0 saturated carbocycles. The summed E-state index contributed by atoms with van der Waals surface area (Å²) in [6, 6.07) is 12.8. The molecule has 0 atom stereocenters. The average Bonchev–Trinajstić information content (AvgIpc) is 2.88. The summed E-state index contributed by atoms with van der Waals surface area (Å²) in [5, 5.41) is 5.06. The van der Waals surface area contributed by atoms with Crippen molar-refractivity contribution in [1.82, 2.24) is 19.2 Å². The molecule has 4 aromatic rings. The molecule has 7 heteroatoms. The van der Waals surface area contributed by atoms with E-state index in [0.29, 0.717) is 22.2 Å². The Morgan fingerprint density at radius 3 is 2.57 bits per heavy atom. The second kappa shape index (κ2) is 4.92. The van der Waals surface area contributed by atoms with Crippen LogP contribution in [0, 0.1) is 6.92 Å². The van der Waals surface area contributed by atoms with E-state index in [9.17, 15) is 9.59 Å². The van der Waals surface area contributed by atoms with Crippen LogP contribution in [0.3, 0.4) is 0 Å². The van der Waals surface area contributed by atoms with Crippen LogP contribution in [0.1, 0.15) is 5.56 Å². The fraction of sp³-hybridized carbons (Fsp3) is 0.0625. The molecular weight excluding hydrogens is 360 g/mol. The summed E-state index contributed by atoms with van der Waals surface area (Å²) < 4.78 is 3.13. The molecule has 0 fully saturated rings. The van der Waals surface area contributed by atoms with Gasteiger partial charge in [-0.25, -0.2) is 9.59 Å². The molecule has 0 saturated heterocycles. The van der Waals surface area contributed by atoms with Crippen LogP contribution in [-0.4, -0.2) is 19.2 Å². The third kappa shape index (κ3) is 2.12. The summed E-state index contributed by atoms with van der Waals surface area (Å²) in [6.07, 6.45) is 0. The first-order chi connectivity index (χ1) is 11.0. The Hall–Kier alpha value is -2.67. The van der Waals surface area contributed by atoms with Crippen molar-refractivity contribution in [3.63, 3.8) is 0 Å². The summed E-state index contributed by atoms with van der Waals surface area (Å²) in [6.45, 7) is 1.96. The van der Waals surface area contributed by atoms with E-state index in [4.69, 9.17) is 0 Å². The van der Waals surface area contributed by atoms with Crippen molar-refractivity contribution in [1.29, 1.82) is 0 Å². The van der Waals surface area contributed by atoms with Crippen molar-refractivity contribution in [3.05, 3.63) is 73.5 Å². The highest BCUT2D eigenvalue weighted by Gasteiger charge is 2.14. The van der Waals surface area contributed by atoms with E-state index in [1.807, 2.05) is 31.2 Å². The molecule has 0 aliphatic rings. The average molecular weight is 371 g/mol. The minimum Gasteiger partial charge on any atom is -0.306 e. The first-order valence-corrected chi connectivity index (χ1v) is 7.74. The SMILES string of the molecule is Cc1ccc(-n2nc3c4cc(Br)ccc4[nH]c(=O)n3c2=O)cc1. The lowest BCUT2D eigenvalue weighted by atomic mass is 10.2. The summed E-state index contributed by atoms with van der Waals surface area (Å²) >= 11 is 3.40. The molecule has 4 rings (SSSR count). The Kier molecular flexibility index (Phi) is 2.99. The van der Waals surface area contributed by atoms with Gasteiger partial charge in [0.2, 0.25) is 0 Å². The lowest BCUT2D eigenvalue weighted by molar-refractivity contribution is 0.827. The van der Waals surface area contributed by atoms with Gasteiger partial charge in [0.05, 0.1) is 11.2 Å². The maximum atomic E-state index is 12.6. The highest BCUT2D eigenvalue weighted by atomic mass is 79.9. The van der Waals surface area contributed by atoms with Gasteiger partial charge < -0.3 is 4.98 Å². The third-order valence-corrected chi connectivity index (χ3v) is 4.22. The number of hydrogen-bond acceptors (Lipinski definition) is 3. The van der Waals surface area contributed by atoms with Crippen molar-refractivity contribution < 1.29 is 0 Å². The number of benzene rings is 2. The van der Waals surface area contributed by atoms with Crippen molar-refractivity contribution in [3.8, 4) is 5.69 Å². The largest absolute Gasteiger partial charge is 0.359 e. The number of aryl methyl sites for hydroxylation is 1. The predicted octanol–water partition coefficient (Wildman–Crippen LogP) is 2.40. The number of nitrogens with one attached hydrogen (secondary N) is 1. The van der Waals surface area contributed by atoms with Crippen LogP contribution in [0.15, 0.2) is 56.5 Å². The molecular formula is C16H11BrN4O2. The summed E-state index contributed by atoms with van der Waals surface area (Å²) in [7, 11) is 0. The summed E-state index contributed by atoms with van der Waals surface area (Å²) in [5.41, 5.74) is 1.66. The minimum atomic E-state index is -0.502. The maximum Gasteiger partial charge on any atom is 0.359 e. The number of nitrogens with zero attached hydrogens (tertiary/aromatic N) is 3. The van der Waals surface area contributed by atoms with E-state index >= 15 is 0 Å². The Labute approximate surface area is 138 Å². The highest BCUT2D eigenvalue weighted by Crippen LogP contribution is 2.20. The van der Waals surface area contributed by atoms with E-state index in [2.05, 4.69) is 26.0 Å². The Morgan fingerprint density at radius 2 is 1.83 bits per heavy atom. The number of rotatable bonds is 1. The Bertz CT molecular complexity index is 1170. The molecule has 6 nitrogen and oxygen atoms in total. The molecule has 2 heterocycles. The van der Waals surface area contributed by atoms with Gasteiger partial charge in [-0.3, -0.25) is 0 Å². The lowest BCUT2D eigenvalue weighted by Gasteiger charge is -1.99. The molecule has 0 aliphatic heterocycles. The van der Waals surface area contributed by atoms with E-state index in [0.717, 1.165) is 14.4 Å². The molecule has 0 amide bonds. The standard InChI is InChI=1S/C16H11BrN4O2/c1-9-2-5-11(6-3-9)21-16(23)20-14(19-21)12-8-10(17)4-7-13(12)18-15(20)22/h2-8H,1H3,(H,18,22). The second-order valence-corrected chi connectivity index (χ2v) is 6.22. The lowest BCUT2D eigenvalue weighted by Crippen LogP contribution is -2.29. The van der Waals surface area contributed by atoms with Crippen molar-refractivity contribution >= 4 is 32.5 Å². The van der Waals surface area contributed by atoms with Crippen LogP contribution >= 0.6 is 15.9 Å². The van der Waals surface area contributed by atoms with Gasteiger partial charge >= 0.3 is 11.4 Å². The van der Waals surface area contributed by atoms with Crippen molar-refractivity contribution in [2.45, 2.75) is 6.92 Å². The summed E-state index contributed by atoms with van der Waals surface area (Å²) in [4.78, 5) is 27.5. The zero-order valence-electron chi connectivity index (χ0n) is 12.1. The molecule has 2 aromatic heterocycles. The zero-order valence-corrected chi connectivity index (χ0v) is 13.7. The van der Waals surface area contributed by atoms with Crippen molar-refractivity contribution in [2.75, 3.05) is 0 Å². The molecule has 1 N–H and O–H groups in total. The van der Waals surface area contributed by atoms with Gasteiger partial charge in [0.25, 0.3) is 0 Å². The number of hydrogen-bond donors (Lipinski definition) is 1. The molecule has 2 aromatic carbocycles. The Balaban J connectivity index is 2.15. The topological polar surface area (TPSA) is 72.2 Å². The van der Waals surface area contributed by atoms with Gasteiger partial charge in [-0.15, -0.1) is 5.10 Å². The van der Waals surface area contributed by atoms with Crippen LogP contribution in [-0.2, 0) is 0 Å². The highest BCUT2D eigenvalue weighted by molar-refractivity contribution is 9.10.